The lowest BCUT2D eigenvalue weighted by molar-refractivity contribution is 0.372. The minimum absolute atomic E-state index is 0. The Morgan fingerprint density at radius 1 is 1.21 bits per heavy atom. The quantitative estimate of drug-likeness (QED) is 0.266. The number of benzene rings is 1. The Morgan fingerprint density at radius 2 is 1.93 bits per heavy atom. The third-order valence-corrected chi connectivity index (χ3v) is 5.51. The number of piperazine rings is 1. The predicted octanol–water partition coefficient (Wildman–Crippen LogP) is 2.75. The van der Waals surface area contributed by atoms with Gasteiger partial charge < -0.3 is 20.2 Å². The Labute approximate surface area is 188 Å². The highest BCUT2D eigenvalue weighted by Gasteiger charge is 2.21. The Kier molecular flexibility index (Phi) is 9.23. The molecule has 28 heavy (non-hydrogen) atoms. The second-order valence-electron chi connectivity index (χ2n) is 6.56. The highest BCUT2D eigenvalue weighted by molar-refractivity contribution is 14.0. The second kappa shape index (κ2) is 11.4. The first kappa shape index (κ1) is 22.7. The van der Waals surface area contributed by atoms with Crippen LogP contribution in [0.4, 0.5) is 5.13 Å². The lowest BCUT2D eigenvalue weighted by Gasteiger charge is -2.36. The molecule has 2 N–H and O–H groups in total. The smallest absolute Gasteiger partial charge is 0.205 e. The van der Waals surface area contributed by atoms with Crippen LogP contribution in [0.2, 0.25) is 0 Å². The number of aromatic hydroxyl groups is 1. The highest BCUT2D eigenvalue weighted by atomic mass is 127. The molecule has 0 bridgehead atoms. The molecule has 0 atom stereocenters. The van der Waals surface area contributed by atoms with Crippen LogP contribution in [0.25, 0.3) is 0 Å². The molecule has 1 aliphatic rings. The number of nitrogens with one attached hydrogen (secondary N) is 1. The van der Waals surface area contributed by atoms with Crippen molar-refractivity contribution in [2.75, 3.05) is 44.7 Å². The van der Waals surface area contributed by atoms with Crippen LogP contribution in [0.5, 0.6) is 5.75 Å². The maximum Gasteiger partial charge on any atom is 0.205 e. The van der Waals surface area contributed by atoms with Gasteiger partial charge in [-0.3, -0.25) is 4.99 Å². The molecule has 1 aromatic carbocycles. The van der Waals surface area contributed by atoms with Crippen molar-refractivity contribution in [2.24, 2.45) is 4.99 Å². The summed E-state index contributed by atoms with van der Waals surface area (Å²) in [5.74, 6) is 2.21. The molecule has 3 rings (SSSR count). The van der Waals surface area contributed by atoms with Crippen LogP contribution in [-0.2, 0) is 12.8 Å². The summed E-state index contributed by atoms with van der Waals surface area (Å²) in [5, 5.41) is 13.8. The van der Waals surface area contributed by atoms with Crippen LogP contribution in [0.15, 0.2) is 29.3 Å². The Bertz CT molecular complexity index is 743. The number of phenolic OH excluding ortho intramolecular Hbond substituents is 1. The number of hydrogen-bond donors (Lipinski definition) is 2. The molecular formula is C19H29IN6OS. The number of guanidine groups is 1. The minimum Gasteiger partial charge on any atom is -0.508 e. The molecule has 9 heteroatoms. The molecule has 0 saturated carbocycles. The topological polar surface area (TPSA) is 76.9 Å². The maximum atomic E-state index is 9.34. The van der Waals surface area contributed by atoms with Crippen LogP contribution in [-0.4, -0.2) is 65.1 Å². The summed E-state index contributed by atoms with van der Waals surface area (Å²) in [6.45, 7) is 6.70. The summed E-state index contributed by atoms with van der Waals surface area (Å²) in [6, 6.07) is 7.42. The summed E-state index contributed by atoms with van der Waals surface area (Å²) in [7, 11) is 1.84. The van der Waals surface area contributed by atoms with E-state index in [1.807, 2.05) is 19.2 Å². The third kappa shape index (κ3) is 6.20. The van der Waals surface area contributed by atoms with E-state index in [0.717, 1.165) is 68.9 Å². The Morgan fingerprint density at radius 3 is 2.54 bits per heavy atom. The van der Waals surface area contributed by atoms with Crippen molar-refractivity contribution in [2.45, 2.75) is 26.2 Å². The molecule has 1 fully saturated rings. The molecular weight excluding hydrogens is 487 g/mol. The van der Waals surface area contributed by atoms with Crippen LogP contribution in [0, 0.1) is 0 Å². The molecule has 2 aromatic rings. The molecule has 1 aliphatic heterocycles. The van der Waals surface area contributed by atoms with Gasteiger partial charge in [0.15, 0.2) is 5.96 Å². The number of rotatable bonds is 6. The zero-order valence-corrected chi connectivity index (χ0v) is 19.6. The number of aromatic nitrogens is 2. The number of nitrogens with zero attached hydrogens (tertiary/aromatic N) is 5. The fraction of sp³-hybridized carbons (Fsp3) is 0.526. The number of anilines is 1. The standard InChI is InChI=1S/C19H28N6OS.HI/c1-3-17-22-19(27-23-17)25-13-11-24(12-14-25)18(20-2)21-10-4-5-15-6-8-16(26)9-7-15;/h6-9,26H,3-5,10-14H2,1-2H3,(H,20,21);1H. The lowest BCUT2D eigenvalue weighted by atomic mass is 10.1. The van der Waals surface area contributed by atoms with Gasteiger partial charge >= 0.3 is 0 Å². The van der Waals surface area contributed by atoms with Crippen LogP contribution < -0.4 is 10.2 Å². The largest absolute Gasteiger partial charge is 0.508 e. The SMILES string of the molecule is CCc1nsc(N2CCN(C(=NC)NCCCc3ccc(O)cc3)CC2)n1.I. The van der Waals surface area contributed by atoms with E-state index in [2.05, 4.69) is 36.4 Å². The van der Waals surface area contributed by atoms with Gasteiger partial charge in [-0.05, 0) is 30.5 Å². The Hall–Kier alpha value is -1.62. The Balaban J connectivity index is 0.00000280. The van der Waals surface area contributed by atoms with Crippen LogP contribution in [0.3, 0.4) is 0 Å². The average Bonchev–Trinajstić information content (AvgIpc) is 3.19. The van der Waals surface area contributed by atoms with Gasteiger partial charge in [-0.2, -0.15) is 4.37 Å². The van der Waals surface area contributed by atoms with Gasteiger partial charge in [-0.25, -0.2) is 4.98 Å². The monoisotopic (exact) mass is 516 g/mol. The maximum absolute atomic E-state index is 9.34. The van der Waals surface area contributed by atoms with E-state index < -0.39 is 0 Å². The minimum atomic E-state index is 0. The third-order valence-electron chi connectivity index (χ3n) is 4.70. The van der Waals surface area contributed by atoms with Crippen molar-refractivity contribution >= 4 is 46.6 Å². The van der Waals surface area contributed by atoms with Crippen molar-refractivity contribution in [3.8, 4) is 5.75 Å². The zero-order chi connectivity index (χ0) is 19.1. The van der Waals surface area contributed by atoms with Crippen molar-refractivity contribution < 1.29 is 5.11 Å². The van der Waals surface area contributed by atoms with E-state index in [1.54, 1.807) is 12.1 Å². The number of aryl methyl sites for hydroxylation is 2. The average molecular weight is 516 g/mol. The molecule has 0 spiro atoms. The van der Waals surface area contributed by atoms with Crippen LogP contribution in [0.1, 0.15) is 24.7 Å². The summed E-state index contributed by atoms with van der Waals surface area (Å²) in [6.07, 6.45) is 2.89. The van der Waals surface area contributed by atoms with Gasteiger partial charge in [-0.1, -0.05) is 19.1 Å². The number of aliphatic imine (C=N–C) groups is 1. The molecule has 1 saturated heterocycles. The fourth-order valence-corrected chi connectivity index (χ4v) is 3.92. The first-order valence-corrected chi connectivity index (χ1v) is 10.3. The van der Waals surface area contributed by atoms with E-state index in [-0.39, 0.29) is 24.0 Å². The first-order valence-electron chi connectivity index (χ1n) is 9.50. The van der Waals surface area contributed by atoms with Crippen molar-refractivity contribution in [1.82, 2.24) is 19.6 Å². The summed E-state index contributed by atoms with van der Waals surface area (Å²) in [4.78, 5) is 13.6. The molecule has 154 valence electrons. The van der Waals surface area contributed by atoms with Crippen LogP contribution >= 0.6 is 35.5 Å². The predicted molar refractivity (Wildman–Crippen MR) is 126 cm³/mol. The van der Waals surface area contributed by atoms with E-state index in [1.165, 1.54) is 17.1 Å². The van der Waals surface area contributed by atoms with Crippen molar-refractivity contribution in [1.29, 1.82) is 0 Å². The number of phenols is 1. The van der Waals surface area contributed by atoms with Crippen molar-refractivity contribution in [3.63, 3.8) is 0 Å². The van der Waals surface area contributed by atoms with Gasteiger partial charge in [0.1, 0.15) is 11.6 Å². The normalized spacial score (nSPS) is 14.7. The molecule has 0 aliphatic carbocycles. The van der Waals surface area contributed by atoms with Gasteiger partial charge in [0.2, 0.25) is 5.13 Å². The lowest BCUT2D eigenvalue weighted by Crippen LogP contribution is -2.52. The van der Waals surface area contributed by atoms with E-state index in [0.29, 0.717) is 5.75 Å². The summed E-state index contributed by atoms with van der Waals surface area (Å²) >= 11 is 1.50. The second-order valence-corrected chi connectivity index (χ2v) is 7.30. The summed E-state index contributed by atoms with van der Waals surface area (Å²) in [5.41, 5.74) is 1.24. The van der Waals surface area contributed by atoms with Crippen molar-refractivity contribution in [3.05, 3.63) is 35.7 Å². The van der Waals surface area contributed by atoms with E-state index in [4.69, 9.17) is 0 Å². The number of halogens is 1. The number of hydrogen-bond acceptors (Lipinski definition) is 6. The molecule has 0 radical (unpaired) electrons. The van der Waals surface area contributed by atoms with Gasteiger partial charge in [-0.15, -0.1) is 24.0 Å². The van der Waals surface area contributed by atoms with Gasteiger partial charge in [0.05, 0.1) is 0 Å². The molecule has 0 unspecified atom stereocenters. The first-order chi connectivity index (χ1) is 13.2. The van der Waals surface area contributed by atoms with E-state index >= 15 is 0 Å². The van der Waals surface area contributed by atoms with E-state index in [9.17, 15) is 5.11 Å². The molecule has 7 nitrogen and oxygen atoms in total. The molecule has 1 aromatic heterocycles. The van der Waals surface area contributed by atoms with Gasteiger partial charge in [0, 0.05) is 57.7 Å². The summed E-state index contributed by atoms with van der Waals surface area (Å²) < 4.78 is 4.39. The highest BCUT2D eigenvalue weighted by Crippen LogP contribution is 2.19. The zero-order valence-electron chi connectivity index (χ0n) is 16.5. The fourth-order valence-electron chi connectivity index (χ4n) is 3.11. The molecule has 0 amide bonds. The molecule has 2 heterocycles. The van der Waals surface area contributed by atoms with Gasteiger partial charge in [0.25, 0.3) is 0 Å².